The van der Waals surface area contributed by atoms with Gasteiger partial charge in [0.15, 0.2) is 0 Å². The molecule has 24 heavy (non-hydrogen) atoms. The van der Waals surface area contributed by atoms with E-state index >= 15 is 0 Å². The van der Waals surface area contributed by atoms with Gasteiger partial charge in [-0.2, -0.15) is 0 Å². The largest absolute Gasteiger partial charge is 0.477 e. The molecule has 2 heterocycles. The number of carboxylic acids is 1. The van der Waals surface area contributed by atoms with Crippen molar-refractivity contribution in [2.75, 3.05) is 11.4 Å². The van der Waals surface area contributed by atoms with Crippen LogP contribution >= 0.6 is 11.3 Å². The summed E-state index contributed by atoms with van der Waals surface area (Å²) in [6.07, 6.45) is 0. The van der Waals surface area contributed by atoms with Crippen molar-refractivity contribution in [1.29, 1.82) is 0 Å². The third-order valence-corrected chi connectivity index (χ3v) is 5.15. The third-order valence-electron chi connectivity index (χ3n) is 3.97. The van der Waals surface area contributed by atoms with Crippen LogP contribution < -0.4 is 4.90 Å². The minimum atomic E-state index is -0.912. The Morgan fingerprint density at radius 3 is 2.54 bits per heavy atom. The fourth-order valence-corrected chi connectivity index (χ4v) is 3.85. The number of fused-ring (bicyclic) bond motifs is 1. The molecule has 6 heteroatoms. The number of aromatic carboxylic acids is 1. The first kappa shape index (κ1) is 16.4. The number of hydrogen-bond donors (Lipinski definition) is 1. The highest BCUT2D eigenvalue weighted by atomic mass is 32.1. The Morgan fingerprint density at radius 2 is 1.92 bits per heavy atom. The molecule has 0 amide bonds. The zero-order chi connectivity index (χ0) is 17.3. The summed E-state index contributed by atoms with van der Waals surface area (Å²) in [5.41, 5.74) is 1.93. The molecule has 0 aliphatic heterocycles. The molecule has 5 nitrogen and oxygen atoms in total. The van der Waals surface area contributed by atoms with E-state index in [1.807, 2.05) is 32.0 Å². The van der Waals surface area contributed by atoms with E-state index in [-0.39, 0.29) is 0 Å². The van der Waals surface area contributed by atoms with E-state index in [0.717, 1.165) is 34.7 Å². The lowest BCUT2D eigenvalue weighted by Crippen LogP contribution is -2.24. The van der Waals surface area contributed by atoms with Gasteiger partial charge in [0, 0.05) is 13.1 Å². The van der Waals surface area contributed by atoms with Crippen LogP contribution in [0.2, 0.25) is 0 Å². The summed E-state index contributed by atoms with van der Waals surface area (Å²) in [5, 5.41) is 10.3. The second-order valence-electron chi connectivity index (χ2n) is 5.64. The Balaban J connectivity index is 2.14. The van der Waals surface area contributed by atoms with Crippen LogP contribution in [0.3, 0.4) is 0 Å². The zero-order valence-electron chi connectivity index (χ0n) is 13.9. The minimum absolute atomic E-state index is 0.335. The van der Waals surface area contributed by atoms with Gasteiger partial charge < -0.3 is 10.0 Å². The second-order valence-corrected chi connectivity index (χ2v) is 6.63. The quantitative estimate of drug-likeness (QED) is 0.759. The van der Waals surface area contributed by atoms with Crippen molar-refractivity contribution in [1.82, 2.24) is 9.97 Å². The lowest BCUT2D eigenvalue weighted by Gasteiger charge is -2.23. The lowest BCUT2D eigenvalue weighted by atomic mass is 10.1. The fraction of sp³-hybridized carbons (Fsp3) is 0.278. The number of aryl methyl sites for hydroxylation is 2. The van der Waals surface area contributed by atoms with Gasteiger partial charge in [0.05, 0.1) is 5.39 Å². The molecule has 0 saturated heterocycles. The summed E-state index contributed by atoms with van der Waals surface area (Å²) in [6.45, 7) is 7.25. The topological polar surface area (TPSA) is 66.3 Å². The van der Waals surface area contributed by atoms with E-state index in [0.29, 0.717) is 10.7 Å². The van der Waals surface area contributed by atoms with E-state index in [1.54, 1.807) is 0 Å². The Bertz CT molecular complexity index is 890. The second kappa shape index (κ2) is 6.57. The molecule has 0 aliphatic carbocycles. The first-order valence-corrected chi connectivity index (χ1v) is 8.62. The SMILES string of the molecule is CCN(Cc1ccccc1)c1nc(C)nc2sc(C(=O)O)c(C)c12. The molecular weight excluding hydrogens is 322 g/mol. The number of hydrogen-bond acceptors (Lipinski definition) is 5. The fourth-order valence-electron chi connectivity index (χ4n) is 2.79. The summed E-state index contributed by atoms with van der Waals surface area (Å²) >= 11 is 1.22. The molecule has 0 bridgehead atoms. The number of carbonyl (C=O) groups is 1. The average Bonchev–Trinajstić information content (AvgIpc) is 2.90. The normalized spacial score (nSPS) is 11.0. The predicted octanol–water partition coefficient (Wildman–Crippen LogP) is 4.03. The third kappa shape index (κ3) is 2.97. The van der Waals surface area contributed by atoms with Crippen molar-refractivity contribution in [3.05, 3.63) is 52.2 Å². The van der Waals surface area contributed by atoms with E-state index < -0.39 is 5.97 Å². The number of anilines is 1. The van der Waals surface area contributed by atoms with Crippen LogP contribution in [0.1, 0.15) is 33.5 Å². The number of nitrogens with zero attached hydrogens (tertiary/aromatic N) is 3. The van der Waals surface area contributed by atoms with Gasteiger partial charge in [-0.15, -0.1) is 11.3 Å². The van der Waals surface area contributed by atoms with Gasteiger partial charge in [-0.05, 0) is 31.9 Å². The Hall–Kier alpha value is -2.47. The summed E-state index contributed by atoms with van der Waals surface area (Å²) in [6, 6.07) is 10.2. The van der Waals surface area contributed by atoms with Crippen molar-refractivity contribution in [2.45, 2.75) is 27.3 Å². The molecular formula is C18H19N3O2S. The van der Waals surface area contributed by atoms with E-state index in [2.05, 4.69) is 33.9 Å². The maximum absolute atomic E-state index is 11.5. The number of carboxylic acid groups (broad SMARTS) is 1. The molecule has 0 fully saturated rings. The predicted molar refractivity (Wildman–Crippen MR) is 97.0 cm³/mol. The molecule has 0 aliphatic rings. The van der Waals surface area contributed by atoms with Crippen LogP contribution in [0.15, 0.2) is 30.3 Å². The molecule has 0 atom stereocenters. The first-order valence-electron chi connectivity index (χ1n) is 7.81. The monoisotopic (exact) mass is 341 g/mol. The highest BCUT2D eigenvalue weighted by molar-refractivity contribution is 7.20. The summed E-state index contributed by atoms with van der Waals surface area (Å²) in [4.78, 5) is 23.8. The highest BCUT2D eigenvalue weighted by Crippen LogP contribution is 2.35. The van der Waals surface area contributed by atoms with Crippen molar-refractivity contribution in [2.24, 2.45) is 0 Å². The van der Waals surface area contributed by atoms with Gasteiger partial charge in [0.2, 0.25) is 0 Å². The van der Waals surface area contributed by atoms with Gasteiger partial charge in [0.1, 0.15) is 21.3 Å². The Morgan fingerprint density at radius 1 is 1.21 bits per heavy atom. The molecule has 0 radical (unpaired) electrons. The van der Waals surface area contributed by atoms with Gasteiger partial charge in [-0.1, -0.05) is 30.3 Å². The van der Waals surface area contributed by atoms with E-state index in [9.17, 15) is 9.90 Å². The van der Waals surface area contributed by atoms with Crippen LogP contribution in [0.5, 0.6) is 0 Å². The first-order chi connectivity index (χ1) is 11.5. The number of aromatic nitrogens is 2. The highest BCUT2D eigenvalue weighted by Gasteiger charge is 2.22. The smallest absolute Gasteiger partial charge is 0.346 e. The van der Waals surface area contributed by atoms with E-state index in [1.165, 1.54) is 16.9 Å². The van der Waals surface area contributed by atoms with Crippen LogP contribution in [-0.4, -0.2) is 27.6 Å². The van der Waals surface area contributed by atoms with Crippen molar-refractivity contribution < 1.29 is 9.90 Å². The number of rotatable bonds is 5. The van der Waals surface area contributed by atoms with Crippen LogP contribution in [0.4, 0.5) is 5.82 Å². The van der Waals surface area contributed by atoms with Gasteiger partial charge >= 0.3 is 5.97 Å². The zero-order valence-corrected chi connectivity index (χ0v) is 14.7. The molecule has 0 unspecified atom stereocenters. The molecule has 1 N–H and O–H groups in total. The summed E-state index contributed by atoms with van der Waals surface area (Å²) in [7, 11) is 0. The van der Waals surface area contributed by atoms with Crippen molar-refractivity contribution in [3.8, 4) is 0 Å². The lowest BCUT2D eigenvalue weighted by molar-refractivity contribution is 0.0701. The van der Waals surface area contributed by atoms with E-state index in [4.69, 9.17) is 0 Å². The Labute approximate surface area is 144 Å². The molecule has 3 rings (SSSR count). The van der Waals surface area contributed by atoms with Crippen LogP contribution in [0.25, 0.3) is 10.2 Å². The number of benzene rings is 1. The van der Waals surface area contributed by atoms with Crippen molar-refractivity contribution in [3.63, 3.8) is 0 Å². The van der Waals surface area contributed by atoms with Crippen LogP contribution in [0, 0.1) is 13.8 Å². The molecule has 3 aromatic rings. The molecule has 0 saturated carbocycles. The van der Waals surface area contributed by atoms with Gasteiger partial charge in [-0.3, -0.25) is 0 Å². The molecule has 1 aromatic carbocycles. The Kier molecular flexibility index (Phi) is 4.49. The van der Waals surface area contributed by atoms with Gasteiger partial charge in [-0.25, -0.2) is 14.8 Å². The average molecular weight is 341 g/mol. The summed E-state index contributed by atoms with van der Waals surface area (Å²) < 4.78 is 0. The molecule has 0 spiro atoms. The minimum Gasteiger partial charge on any atom is -0.477 e. The molecule has 2 aromatic heterocycles. The molecule has 124 valence electrons. The van der Waals surface area contributed by atoms with Crippen molar-refractivity contribution >= 4 is 33.3 Å². The summed E-state index contributed by atoms with van der Waals surface area (Å²) in [5.74, 6) is 0.553. The maximum Gasteiger partial charge on any atom is 0.346 e. The van der Waals surface area contributed by atoms with Crippen LogP contribution in [-0.2, 0) is 6.54 Å². The number of thiophene rings is 1. The van der Waals surface area contributed by atoms with Gasteiger partial charge in [0.25, 0.3) is 0 Å². The standard InChI is InChI=1S/C18H19N3O2S/c1-4-21(10-13-8-6-5-7-9-13)16-14-11(2)15(18(22)23)24-17(14)20-12(3)19-16/h5-9H,4,10H2,1-3H3,(H,22,23). The maximum atomic E-state index is 11.5.